The van der Waals surface area contributed by atoms with Gasteiger partial charge in [-0.2, -0.15) is 5.26 Å². The van der Waals surface area contributed by atoms with Crippen molar-refractivity contribution in [2.24, 2.45) is 10.8 Å². The van der Waals surface area contributed by atoms with Gasteiger partial charge in [-0.05, 0) is 78.1 Å². The second-order valence-corrected chi connectivity index (χ2v) is 7.23. The molecule has 4 heteroatoms. The van der Waals surface area contributed by atoms with Crippen LogP contribution in [0.4, 0.5) is 10.1 Å². The first-order valence-electron chi connectivity index (χ1n) is 7.17. The highest BCUT2D eigenvalue weighted by molar-refractivity contribution is 9.10. The lowest BCUT2D eigenvalue weighted by atomic mass is 9.54. The monoisotopic (exact) mass is 336 g/mol. The second kappa shape index (κ2) is 5.04. The molecular weight excluding hydrogens is 319 g/mol. The van der Waals surface area contributed by atoms with E-state index < -0.39 is 0 Å². The number of hydrogen-bond acceptors (Lipinski definition) is 2. The number of hydrogen-bond donors (Lipinski definition) is 1. The molecule has 0 saturated heterocycles. The molecule has 0 atom stereocenters. The molecule has 4 rings (SSSR count). The highest BCUT2D eigenvalue weighted by Crippen LogP contribution is 2.56. The topological polar surface area (TPSA) is 35.8 Å². The Hall–Kier alpha value is -1.08. The van der Waals surface area contributed by atoms with Gasteiger partial charge in [0, 0.05) is 12.2 Å². The molecule has 2 nitrogen and oxygen atoms in total. The highest BCUT2D eigenvalue weighted by Gasteiger charge is 2.48. The zero-order valence-electron chi connectivity index (χ0n) is 11.4. The van der Waals surface area contributed by atoms with Crippen LogP contribution in [0.25, 0.3) is 0 Å². The van der Waals surface area contributed by atoms with Crippen LogP contribution in [0.2, 0.25) is 0 Å². The average Bonchev–Trinajstić information content (AvgIpc) is 2.50. The second-order valence-electron chi connectivity index (χ2n) is 6.37. The molecule has 1 aromatic rings. The number of benzene rings is 1. The minimum atomic E-state index is -0.233. The smallest absolute Gasteiger partial charge is 0.137 e. The lowest BCUT2D eigenvalue weighted by Crippen LogP contribution is -2.44. The number of rotatable bonds is 3. The number of nitrogens with one attached hydrogen (secondary N) is 1. The van der Waals surface area contributed by atoms with E-state index in [2.05, 4.69) is 27.3 Å². The molecule has 0 aromatic heterocycles. The van der Waals surface area contributed by atoms with E-state index in [-0.39, 0.29) is 11.2 Å². The Bertz CT molecular complexity index is 540. The highest BCUT2D eigenvalue weighted by atomic mass is 79.9. The third-order valence-electron chi connectivity index (χ3n) is 5.23. The van der Waals surface area contributed by atoms with Crippen LogP contribution in [0.1, 0.15) is 38.5 Å². The molecule has 3 fully saturated rings. The van der Waals surface area contributed by atoms with Gasteiger partial charge in [0.05, 0.1) is 16.0 Å². The summed E-state index contributed by atoms with van der Waals surface area (Å²) in [6.45, 7) is 0.923. The Kier molecular flexibility index (Phi) is 3.50. The first kappa shape index (κ1) is 13.9. The molecule has 3 aliphatic rings. The Labute approximate surface area is 127 Å². The van der Waals surface area contributed by atoms with Crippen LogP contribution in [0.15, 0.2) is 22.7 Å². The number of nitriles is 1. The van der Waals surface area contributed by atoms with E-state index >= 15 is 0 Å². The van der Waals surface area contributed by atoms with Crippen LogP contribution in [0.5, 0.6) is 0 Å². The molecule has 0 amide bonds. The SMILES string of the molecule is N#CC12CCC(CNc3ccc(F)c(Br)c3)(CC1)CC2. The van der Waals surface area contributed by atoms with Gasteiger partial charge in [-0.1, -0.05) is 0 Å². The van der Waals surface area contributed by atoms with Crippen molar-refractivity contribution in [3.8, 4) is 6.07 Å². The van der Waals surface area contributed by atoms with E-state index in [0.717, 1.165) is 50.8 Å². The van der Waals surface area contributed by atoms with E-state index in [4.69, 9.17) is 0 Å². The summed E-state index contributed by atoms with van der Waals surface area (Å²) in [6.07, 6.45) is 6.52. The largest absolute Gasteiger partial charge is 0.384 e. The number of anilines is 1. The van der Waals surface area contributed by atoms with Crippen molar-refractivity contribution >= 4 is 21.6 Å². The number of fused-ring (bicyclic) bond motifs is 3. The van der Waals surface area contributed by atoms with Crippen LogP contribution >= 0.6 is 15.9 Å². The van der Waals surface area contributed by atoms with Crippen molar-refractivity contribution in [1.29, 1.82) is 5.26 Å². The van der Waals surface area contributed by atoms with Crippen LogP contribution < -0.4 is 5.32 Å². The van der Waals surface area contributed by atoms with Gasteiger partial charge in [0.15, 0.2) is 0 Å². The molecular formula is C16H18BrFN2. The summed E-state index contributed by atoms with van der Waals surface area (Å²) < 4.78 is 13.7. The van der Waals surface area contributed by atoms with Gasteiger partial charge in [0.2, 0.25) is 0 Å². The summed E-state index contributed by atoms with van der Waals surface area (Å²) in [5.41, 5.74) is 1.26. The Balaban J connectivity index is 1.65. The average molecular weight is 337 g/mol. The van der Waals surface area contributed by atoms with Gasteiger partial charge in [-0.25, -0.2) is 4.39 Å². The van der Waals surface area contributed by atoms with E-state index in [1.165, 1.54) is 6.07 Å². The summed E-state index contributed by atoms with van der Waals surface area (Å²) in [5, 5.41) is 12.8. The summed E-state index contributed by atoms with van der Waals surface area (Å²) in [4.78, 5) is 0. The molecule has 0 radical (unpaired) electrons. The number of halogens is 2. The van der Waals surface area contributed by atoms with Crippen LogP contribution in [0, 0.1) is 28.0 Å². The molecule has 2 bridgehead atoms. The van der Waals surface area contributed by atoms with E-state index in [1.807, 2.05) is 0 Å². The predicted molar refractivity (Wildman–Crippen MR) is 80.8 cm³/mol. The molecule has 3 aliphatic carbocycles. The van der Waals surface area contributed by atoms with Crippen molar-refractivity contribution in [2.75, 3.05) is 11.9 Å². The van der Waals surface area contributed by atoms with Gasteiger partial charge in [-0.3, -0.25) is 0 Å². The Morgan fingerprint density at radius 1 is 1.20 bits per heavy atom. The lowest BCUT2D eigenvalue weighted by molar-refractivity contribution is 0.0363. The molecule has 0 aliphatic heterocycles. The predicted octanol–water partition coefficient (Wildman–Crippen LogP) is 4.86. The minimum Gasteiger partial charge on any atom is -0.384 e. The van der Waals surface area contributed by atoms with Crippen molar-refractivity contribution in [3.05, 3.63) is 28.5 Å². The molecule has 20 heavy (non-hydrogen) atoms. The fourth-order valence-corrected chi connectivity index (χ4v) is 3.97. The van der Waals surface area contributed by atoms with Gasteiger partial charge in [-0.15, -0.1) is 0 Å². The van der Waals surface area contributed by atoms with Gasteiger partial charge >= 0.3 is 0 Å². The normalized spacial score (nSPS) is 31.9. The maximum absolute atomic E-state index is 13.2. The van der Waals surface area contributed by atoms with Crippen molar-refractivity contribution in [2.45, 2.75) is 38.5 Å². The maximum Gasteiger partial charge on any atom is 0.137 e. The van der Waals surface area contributed by atoms with Crippen molar-refractivity contribution in [3.63, 3.8) is 0 Å². The zero-order chi connectivity index (χ0) is 14.2. The van der Waals surface area contributed by atoms with Gasteiger partial charge in [0.25, 0.3) is 0 Å². The summed E-state index contributed by atoms with van der Waals surface area (Å²) in [7, 11) is 0. The molecule has 0 heterocycles. The Morgan fingerprint density at radius 3 is 2.40 bits per heavy atom. The van der Waals surface area contributed by atoms with Crippen molar-refractivity contribution < 1.29 is 4.39 Å². The van der Waals surface area contributed by atoms with Crippen LogP contribution in [-0.4, -0.2) is 6.54 Å². The first-order valence-corrected chi connectivity index (χ1v) is 7.96. The quantitative estimate of drug-likeness (QED) is 0.855. The van der Waals surface area contributed by atoms with Gasteiger partial charge in [0.1, 0.15) is 5.82 Å². The molecule has 0 unspecified atom stereocenters. The molecule has 0 spiro atoms. The van der Waals surface area contributed by atoms with Crippen LogP contribution in [-0.2, 0) is 0 Å². The maximum atomic E-state index is 13.2. The third-order valence-corrected chi connectivity index (χ3v) is 5.83. The minimum absolute atomic E-state index is 0.0271. The summed E-state index contributed by atoms with van der Waals surface area (Å²) in [6, 6.07) is 7.59. The molecule has 1 aromatic carbocycles. The standard InChI is InChI=1S/C16H18BrFN2/c17-13-9-12(1-2-14(13)18)20-11-16-6-3-15(10-19,4-7-16)5-8-16/h1-2,9,20H,3-8,11H2. The van der Waals surface area contributed by atoms with E-state index in [0.29, 0.717) is 9.89 Å². The summed E-state index contributed by atoms with van der Waals surface area (Å²) >= 11 is 3.22. The third kappa shape index (κ3) is 2.44. The van der Waals surface area contributed by atoms with Crippen molar-refractivity contribution in [1.82, 2.24) is 0 Å². The fourth-order valence-electron chi connectivity index (χ4n) is 3.59. The zero-order valence-corrected chi connectivity index (χ0v) is 13.0. The van der Waals surface area contributed by atoms with E-state index in [9.17, 15) is 9.65 Å². The van der Waals surface area contributed by atoms with E-state index in [1.54, 1.807) is 12.1 Å². The Morgan fingerprint density at radius 2 is 1.85 bits per heavy atom. The lowest BCUT2D eigenvalue weighted by Gasteiger charge is -2.50. The molecule has 1 N–H and O–H groups in total. The van der Waals surface area contributed by atoms with Gasteiger partial charge < -0.3 is 5.32 Å². The fraction of sp³-hybridized carbons (Fsp3) is 0.562. The van der Waals surface area contributed by atoms with Crippen LogP contribution in [0.3, 0.4) is 0 Å². The molecule has 106 valence electrons. The number of nitrogens with zero attached hydrogens (tertiary/aromatic N) is 1. The summed E-state index contributed by atoms with van der Waals surface area (Å²) in [5.74, 6) is -0.233. The first-order chi connectivity index (χ1) is 9.56. The molecule has 3 saturated carbocycles.